The van der Waals surface area contributed by atoms with Crippen molar-refractivity contribution in [2.45, 2.75) is 65.0 Å². The summed E-state index contributed by atoms with van der Waals surface area (Å²) in [4.78, 5) is 25.6. The molecule has 0 aromatic heterocycles. The summed E-state index contributed by atoms with van der Waals surface area (Å²) in [6.45, 7) is 7.85. The molecule has 1 atom stereocenters. The number of nitrogens with zero attached hydrogens (tertiary/aromatic N) is 1. The maximum atomic E-state index is 12.0. The van der Waals surface area contributed by atoms with Gasteiger partial charge in [0.2, 0.25) is 11.8 Å². The van der Waals surface area contributed by atoms with Gasteiger partial charge in [-0.1, -0.05) is 12.8 Å². The molecular formula is C15H29N3O2. The summed E-state index contributed by atoms with van der Waals surface area (Å²) < 4.78 is 0. The fourth-order valence-electron chi connectivity index (χ4n) is 2.62. The molecule has 1 fully saturated rings. The smallest absolute Gasteiger partial charge is 0.237 e. The van der Waals surface area contributed by atoms with Gasteiger partial charge in [0, 0.05) is 32.1 Å². The second-order valence-electron chi connectivity index (χ2n) is 5.48. The molecule has 1 rings (SSSR count). The molecule has 1 saturated carbocycles. The van der Waals surface area contributed by atoms with E-state index in [-0.39, 0.29) is 17.9 Å². The molecule has 1 aliphatic rings. The highest BCUT2D eigenvalue weighted by Crippen LogP contribution is 2.17. The Balaban J connectivity index is 2.19. The van der Waals surface area contributed by atoms with Gasteiger partial charge < -0.3 is 15.5 Å². The van der Waals surface area contributed by atoms with Crippen LogP contribution in [0.15, 0.2) is 0 Å². The van der Waals surface area contributed by atoms with Crippen LogP contribution in [0.1, 0.15) is 52.9 Å². The number of carbonyl (C=O) groups excluding carboxylic acids is 2. The van der Waals surface area contributed by atoms with Gasteiger partial charge in [-0.05, 0) is 33.6 Å². The van der Waals surface area contributed by atoms with E-state index < -0.39 is 0 Å². The van der Waals surface area contributed by atoms with Gasteiger partial charge in [0.25, 0.3) is 0 Å². The summed E-state index contributed by atoms with van der Waals surface area (Å²) in [6, 6.07) is 0.115. The Morgan fingerprint density at radius 2 is 1.80 bits per heavy atom. The monoisotopic (exact) mass is 283 g/mol. The van der Waals surface area contributed by atoms with Gasteiger partial charge in [-0.15, -0.1) is 0 Å². The zero-order valence-electron chi connectivity index (χ0n) is 13.1. The topological polar surface area (TPSA) is 61.4 Å². The third-order valence-electron chi connectivity index (χ3n) is 4.00. The molecule has 0 spiro atoms. The first-order chi connectivity index (χ1) is 9.58. The van der Waals surface area contributed by atoms with Gasteiger partial charge in [0.05, 0.1) is 6.04 Å². The zero-order valence-corrected chi connectivity index (χ0v) is 13.1. The van der Waals surface area contributed by atoms with Crippen LogP contribution in [0.3, 0.4) is 0 Å². The molecule has 1 unspecified atom stereocenters. The Labute approximate surface area is 122 Å². The molecule has 0 aromatic carbocycles. The molecule has 0 heterocycles. The van der Waals surface area contributed by atoms with Crippen LogP contribution in [0.25, 0.3) is 0 Å². The molecule has 20 heavy (non-hydrogen) atoms. The second-order valence-corrected chi connectivity index (χ2v) is 5.48. The lowest BCUT2D eigenvalue weighted by Crippen LogP contribution is -2.46. The number of hydrogen-bond acceptors (Lipinski definition) is 3. The van der Waals surface area contributed by atoms with E-state index >= 15 is 0 Å². The molecule has 116 valence electrons. The Kier molecular flexibility index (Phi) is 7.59. The van der Waals surface area contributed by atoms with Crippen molar-refractivity contribution in [2.24, 2.45) is 0 Å². The molecule has 0 saturated heterocycles. The van der Waals surface area contributed by atoms with E-state index in [1.807, 2.05) is 25.7 Å². The highest BCUT2D eigenvalue weighted by Gasteiger charge is 2.20. The summed E-state index contributed by atoms with van der Waals surface area (Å²) in [5, 5.41) is 6.20. The van der Waals surface area contributed by atoms with Gasteiger partial charge in [0.1, 0.15) is 0 Å². The molecule has 0 radical (unpaired) electrons. The van der Waals surface area contributed by atoms with E-state index in [9.17, 15) is 9.59 Å². The molecule has 5 nitrogen and oxygen atoms in total. The summed E-state index contributed by atoms with van der Waals surface area (Å²) in [5.74, 6) is 0.193. The predicted octanol–water partition coefficient (Wildman–Crippen LogP) is 1.28. The van der Waals surface area contributed by atoms with Crippen molar-refractivity contribution in [1.82, 2.24) is 15.5 Å². The number of hydrogen-bond donors (Lipinski definition) is 2. The third kappa shape index (κ3) is 5.49. The summed E-state index contributed by atoms with van der Waals surface area (Å²) in [5.41, 5.74) is 0. The van der Waals surface area contributed by atoms with Crippen LogP contribution in [0.5, 0.6) is 0 Å². The fourth-order valence-corrected chi connectivity index (χ4v) is 2.62. The van der Waals surface area contributed by atoms with Crippen molar-refractivity contribution in [1.29, 1.82) is 0 Å². The molecular weight excluding hydrogens is 254 g/mol. The standard InChI is InChI=1S/C15H29N3O2/c1-4-18(5-2)14(19)10-11-16-12(3)15(20)17-13-8-6-7-9-13/h12-13,16H,4-11H2,1-3H3,(H,17,20). The van der Waals surface area contributed by atoms with Gasteiger partial charge >= 0.3 is 0 Å². The van der Waals surface area contributed by atoms with Crippen LogP contribution in [0.2, 0.25) is 0 Å². The van der Waals surface area contributed by atoms with Crippen molar-refractivity contribution in [3.63, 3.8) is 0 Å². The van der Waals surface area contributed by atoms with E-state index in [2.05, 4.69) is 10.6 Å². The first-order valence-corrected chi connectivity index (χ1v) is 7.90. The Morgan fingerprint density at radius 1 is 1.20 bits per heavy atom. The van der Waals surface area contributed by atoms with Crippen molar-refractivity contribution >= 4 is 11.8 Å². The first-order valence-electron chi connectivity index (χ1n) is 7.90. The van der Waals surface area contributed by atoms with E-state index in [1.165, 1.54) is 12.8 Å². The van der Waals surface area contributed by atoms with Gasteiger partial charge in [-0.2, -0.15) is 0 Å². The van der Waals surface area contributed by atoms with Crippen LogP contribution in [-0.4, -0.2) is 48.4 Å². The molecule has 5 heteroatoms. The quantitative estimate of drug-likeness (QED) is 0.705. The molecule has 2 N–H and O–H groups in total. The average molecular weight is 283 g/mol. The Bertz CT molecular complexity index is 310. The Morgan fingerprint density at radius 3 is 2.35 bits per heavy atom. The lowest BCUT2D eigenvalue weighted by molar-refractivity contribution is -0.131. The van der Waals surface area contributed by atoms with Crippen molar-refractivity contribution in [3.8, 4) is 0 Å². The minimum absolute atomic E-state index is 0.0483. The average Bonchev–Trinajstić information content (AvgIpc) is 2.92. The SMILES string of the molecule is CCN(CC)C(=O)CCNC(C)C(=O)NC1CCCC1. The van der Waals surface area contributed by atoms with Crippen molar-refractivity contribution < 1.29 is 9.59 Å². The van der Waals surface area contributed by atoms with E-state index in [0.717, 1.165) is 25.9 Å². The lowest BCUT2D eigenvalue weighted by atomic mass is 10.2. The summed E-state index contributed by atoms with van der Waals surface area (Å²) in [6.07, 6.45) is 5.07. The number of amides is 2. The van der Waals surface area contributed by atoms with Crippen LogP contribution in [0.4, 0.5) is 0 Å². The number of carbonyl (C=O) groups is 2. The fraction of sp³-hybridized carbons (Fsp3) is 0.867. The summed E-state index contributed by atoms with van der Waals surface area (Å²) in [7, 11) is 0. The zero-order chi connectivity index (χ0) is 15.0. The van der Waals surface area contributed by atoms with E-state index in [0.29, 0.717) is 19.0 Å². The second kappa shape index (κ2) is 8.95. The van der Waals surface area contributed by atoms with Crippen molar-refractivity contribution in [3.05, 3.63) is 0 Å². The summed E-state index contributed by atoms with van der Waals surface area (Å²) >= 11 is 0. The highest BCUT2D eigenvalue weighted by molar-refractivity contribution is 5.81. The van der Waals surface area contributed by atoms with Gasteiger partial charge in [-0.25, -0.2) is 0 Å². The molecule has 0 aromatic rings. The maximum absolute atomic E-state index is 12.0. The number of nitrogens with one attached hydrogen (secondary N) is 2. The van der Waals surface area contributed by atoms with Crippen LogP contribution >= 0.6 is 0 Å². The molecule has 0 aliphatic heterocycles. The maximum Gasteiger partial charge on any atom is 0.237 e. The third-order valence-corrected chi connectivity index (χ3v) is 4.00. The van der Waals surface area contributed by atoms with Gasteiger partial charge in [0.15, 0.2) is 0 Å². The van der Waals surface area contributed by atoms with Crippen LogP contribution in [-0.2, 0) is 9.59 Å². The lowest BCUT2D eigenvalue weighted by Gasteiger charge is -2.20. The minimum Gasteiger partial charge on any atom is -0.352 e. The minimum atomic E-state index is -0.236. The van der Waals surface area contributed by atoms with Crippen molar-refractivity contribution in [2.75, 3.05) is 19.6 Å². The van der Waals surface area contributed by atoms with Crippen LogP contribution < -0.4 is 10.6 Å². The van der Waals surface area contributed by atoms with E-state index in [4.69, 9.17) is 0 Å². The molecule has 0 bridgehead atoms. The predicted molar refractivity (Wildman–Crippen MR) is 80.4 cm³/mol. The first kappa shape index (κ1) is 17.0. The normalized spacial score (nSPS) is 16.9. The molecule has 2 amide bonds. The number of rotatable bonds is 8. The van der Waals surface area contributed by atoms with Gasteiger partial charge in [-0.3, -0.25) is 9.59 Å². The highest BCUT2D eigenvalue weighted by atomic mass is 16.2. The molecule has 1 aliphatic carbocycles. The Hall–Kier alpha value is -1.10. The largest absolute Gasteiger partial charge is 0.352 e. The van der Waals surface area contributed by atoms with E-state index in [1.54, 1.807) is 0 Å². The van der Waals surface area contributed by atoms with Crippen LogP contribution in [0, 0.1) is 0 Å².